The molecule has 0 aliphatic carbocycles. The predicted molar refractivity (Wildman–Crippen MR) is 53.4 cm³/mol. The van der Waals surface area contributed by atoms with E-state index >= 15 is 0 Å². The number of nitrogens with zero attached hydrogens (tertiary/aromatic N) is 1. The molecule has 0 fully saturated rings. The maximum Gasteiger partial charge on any atom is 0.269 e. The molecule has 2 unspecified atom stereocenters. The lowest BCUT2D eigenvalue weighted by molar-refractivity contribution is -0.0218. The molecule has 0 aromatic carbocycles. The number of hydrogen-bond acceptors (Lipinski definition) is 2. The largest absolute Gasteiger partial charge is 0.309 e. The van der Waals surface area contributed by atoms with Gasteiger partial charge in [0.25, 0.3) is 5.92 Å². The van der Waals surface area contributed by atoms with Gasteiger partial charge in [0.1, 0.15) is 6.17 Å². The first-order valence-electron chi connectivity index (χ1n) is 4.46. The van der Waals surface area contributed by atoms with Gasteiger partial charge in [0.2, 0.25) is 0 Å². The Bertz CT molecular complexity index is 271. The van der Waals surface area contributed by atoms with E-state index in [1.165, 1.54) is 13.1 Å². The molecule has 1 aliphatic heterocycles. The number of hydrogen-bond donors (Lipinski definition) is 1. The van der Waals surface area contributed by atoms with Crippen molar-refractivity contribution in [1.29, 1.82) is 0 Å². The molecular weight excluding hydrogens is 186 g/mol. The van der Waals surface area contributed by atoms with Crippen LogP contribution in [0.5, 0.6) is 0 Å². The lowest BCUT2D eigenvalue weighted by Crippen LogP contribution is -2.39. The quantitative estimate of drug-likeness (QED) is 0.695. The van der Waals surface area contributed by atoms with Gasteiger partial charge in [0, 0.05) is 18.1 Å². The SMILES string of the molecule is C=CC(F)(F)[C@H](C)C1C=CC=NC1N. The van der Waals surface area contributed by atoms with Crippen LogP contribution in [0.25, 0.3) is 0 Å². The minimum absolute atomic E-state index is 0.437. The highest BCUT2D eigenvalue weighted by Gasteiger charge is 2.39. The monoisotopic (exact) mass is 200 g/mol. The van der Waals surface area contributed by atoms with Crippen LogP contribution in [0.15, 0.2) is 29.8 Å². The lowest BCUT2D eigenvalue weighted by Gasteiger charge is -2.30. The van der Waals surface area contributed by atoms with Crippen LogP contribution in [0.2, 0.25) is 0 Å². The second-order valence-corrected chi connectivity index (χ2v) is 3.42. The zero-order valence-electron chi connectivity index (χ0n) is 8.03. The molecule has 0 spiro atoms. The fourth-order valence-corrected chi connectivity index (χ4v) is 1.45. The molecule has 0 bridgehead atoms. The lowest BCUT2D eigenvalue weighted by atomic mass is 9.85. The van der Waals surface area contributed by atoms with Gasteiger partial charge >= 0.3 is 0 Å². The standard InChI is InChI=1S/C10H14F2N2/c1-3-10(11,12)7(2)8-5-4-6-14-9(8)13/h3-9H,1,13H2,2H3/t7-,8?,9?/m1/s1. The predicted octanol–water partition coefficient (Wildman–Crippen LogP) is 1.99. The molecule has 14 heavy (non-hydrogen) atoms. The molecule has 1 aliphatic rings. The van der Waals surface area contributed by atoms with Crippen LogP contribution >= 0.6 is 0 Å². The zero-order chi connectivity index (χ0) is 10.8. The number of aliphatic imine (C=N–C) groups is 1. The van der Waals surface area contributed by atoms with Gasteiger partial charge in [0.15, 0.2) is 0 Å². The van der Waals surface area contributed by atoms with Gasteiger partial charge < -0.3 is 5.73 Å². The summed E-state index contributed by atoms with van der Waals surface area (Å²) in [7, 11) is 0. The molecule has 0 aromatic heterocycles. The van der Waals surface area contributed by atoms with E-state index in [1.54, 1.807) is 12.2 Å². The van der Waals surface area contributed by atoms with Crippen LogP contribution in [-0.4, -0.2) is 18.3 Å². The summed E-state index contributed by atoms with van der Waals surface area (Å²) in [5.41, 5.74) is 5.61. The van der Waals surface area contributed by atoms with Crippen LogP contribution in [0.4, 0.5) is 8.78 Å². The maximum absolute atomic E-state index is 13.2. The highest BCUT2D eigenvalue weighted by Crippen LogP contribution is 2.34. The zero-order valence-corrected chi connectivity index (χ0v) is 8.03. The van der Waals surface area contributed by atoms with Gasteiger partial charge in [-0.1, -0.05) is 19.6 Å². The molecule has 2 nitrogen and oxygen atoms in total. The van der Waals surface area contributed by atoms with Crippen molar-refractivity contribution < 1.29 is 8.78 Å². The molecule has 78 valence electrons. The average Bonchev–Trinajstić information content (AvgIpc) is 2.17. The van der Waals surface area contributed by atoms with Gasteiger partial charge in [-0.2, -0.15) is 0 Å². The van der Waals surface area contributed by atoms with E-state index in [0.717, 1.165) is 0 Å². The van der Waals surface area contributed by atoms with Crippen molar-refractivity contribution in [3.8, 4) is 0 Å². The molecule has 1 heterocycles. The highest BCUT2D eigenvalue weighted by atomic mass is 19.3. The van der Waals surface area contributed by atoms with Crippen molar-refractivity contribution in [1.82, 2.24) is 0 Å². The first kappa shape index (κ1) is 11.0. The summed E-state index contributed by atoms with van der Waals surface area (Å²) >= 11 is 0. The number of halogens is 2. The van der Waals surface area contributed by atoms with Crippen molar-refractivity contribution in [3.05, 3.63) is 24.8 Å². The van der Waals surface area contributed by atoms with Crippen LogP contribution in [0.3, 0.4) is 0 Å². The Morgan fingerprint density at radius 2 is 2.29 bits per heavy atom. The van der Waals surface area contributed by atoms with Crippen molar-refractivity contribution in [2.45, 2.75) is 19.0 Å². The topological polar surface area (TPSA) is 38.4 Å². The van der Waals surface area contributed by atoms with Crippen LogP contribution < -0.4 is 5.73 Å². The Morgan fingerprint density at radius 3 is 2.79 bits per heavy atom. The number of allylic oxidation sites excluding steroid dienone is 2. The molecule has 4 heteroatoms. The van der Waals surface area contributed by atoms with E-state index in [-0.39, 0.29) is 0 Å². The van der Waals surface area contributed by atoms with E-state index in [0.29, 0.717) is 6.08 Å². The van der Waals surface area contributed by atoms with Crippen molar-refractivity contribution in [2.75, 3.05) is 0 Å². The van der Waals surface area contributed by atoms with E-state index in [9.17, 15) is 8.78 Å². The highest BCUT2D eigenvalue weighted by molar-refractivity contribution is 5.72. The molecular formula is C10H14F2N2. The number of alkyl halides is 2. The maximum atomic E-state index is 13.2. The average molecular weight is 200 g/mol. The number of dihydropyridines is 1. The Balaban J connectivity index is 2.79. The van der Waals surface area contributed by atoms with Crippen molar-refractivity contribution in [3.63, 3.8) is 0 Å². The van der Waals surface area contributed by atoms with Gasteiger partial charge in [-0.05, 0) is 12.2 Å². The van der Waals surface area contributed by atoms with E-state index in [2.05, 4.69) is 11.6 Å². The minimum Gasteiger partial charge on any atom is -0.309 e. The second-order valence-electron chi connectivity index (χ2n) is 3.42. The smallest absolute Gasteiger partial charge is 0.269 e. The molecule has 0 saturated carbocycles. The molecule has 3 atom stereocenters. The fraction of sp³-hybridized carbons (Fsp3) is 0.500. The molecule has 0 aromatic rings. The van der Waals surface area contributed by atoms with Crippen LogP contribution in [-0.2, 0) is 0 Å². The van der Waals surface area contributed by atoms with Gasteiger partial charge in [-0.15, -0.1) is 0 Å². The summed E-state index contributed by atoms with van der Waals surface area (Å²) in [6.45, 7) is 4.58. The van der Waals surface area contributed by atoms with E-state index in [1.807, 2.05) is 0 Å². The summed E-state index contributed by atoms with van der Waals surface area (Å²) in [5.74, 6) is -4.23. The molecule has 2 N–H and O–H groups in total. The Morgan fingerprint density at radius 1 is 1.64 bits per heavy atom. The Labute approximate surface area is 82.2 Å². The first-order chi connectivity index (χ1) is 6.49. The Hall–Kier alpha value is -1.03. The molecule has 0 saturated heterocycles. The van der Waals surface area contributed by atoms with E-state index < -0.39 is 23.9 Å². The fourth-order valence-electron chi connectivity index (χ4n) is 1.45. The second kappa shape index (κ2) is 4.00. The third-order valence-corrected chi connectivity index (χ3v) is 2.53. The van der Waals surface area contributed by atoms with Crippen LogP contribution in [0.1, 0.15) is 6.92 Å². The normalized spacial score (nSPS) is 28.9. The molecule has 0 radical (unpaired) electrons. The van der Waals surface area contributed by atoms with Crippen molar-refractivity contribution >= 4 is 6.21 Å². The van der Waals surface area contributed by atoms with Crippen LogP contribution in [0, 0.1) is 11.8 Å². The summed E-state index contributed by atoms with van der Waals surface area (Å²) in [4.78, 5) is 3.88. The summed E-state index contributed by atoms with van der Waals surface area (Å²) < 4.78 is 26.5. The van der Waals surface area contributed by atoms with Gasteiger partial charge in [0.05, 0.1) is 0 Å². The first-order valence-corrected chi connectivity index (χ1v) is 4.46. The number of rotatable bonds is 3. The summed E-state index contributed by atoms with van der Waals surface area (Å²) in [6, 6.07) is 0. The third-order valence-electron chi connectivity index (χ3n) is 2.53. The molecule has 0 amide bonds. The summed E-state index contributed by atoms with van der Waals surface area (Å²) in [5, 5.41) is 0. The third kappa shape index (κ3) is 2.07. The molecule has 1 rings (SSSR count). The van der Waals surface area contributed by atoms with Crippen molar-refractivity contribution in [2.24, 2.45) is 22.6 Å². The van der Waals surface area contributed by atoms with E-state index in [4.69, 9.17) is 5.73 Å². The van der Waals surface area contributed by atoms with Gasteiger partial charge in [-0.25, -0.2) is 8.78 Å². The number of nitrogens with two attached hydrogens (primary N) is 1. The van der Waals surface area contributed by atoms with Gasteiger partial charge in [-0.3, -0.25) is 4.99 Å². The Kier molecular flexibility index (Phi) is 3.16. The summed E-state index contributed by atoms with van der Waals surface area (Å²) in [6.07, 6.45) is 4.92. The minimum atomic E-state index is -2.90.